The Bertz CT molecular complexity index is 382. The minimum Gasteiger partial charge on any atom is -0.370 e. The van der Waals surface area contributed by atoms with E-state index < -0.39 is 0 Å². The third-order valence-electron chi connectivity index (χ3n) is 3.64. The average Bonchev–Trinajstić information content (AvgIpc) is 2.48. The van der Waals surface area contributed by atoms with Gasteiger partial charge in [0.25, 0.3) is 0 Å². The van der Waals surface area contributed by atoms with Gasteiger partial charge in [-0.2, -0.15) is 0 Å². The summed E-state index contributed by atoms with van der Waals surface area (Å²) in [6.45, 7) is 5.29. The molecule has 19 heavy (non-hydrogen) atoms. The van der Waals surface area contributed by atoms with E-state index in [1.807, 2.05) is 7.05 Å². The number of rotatable bonds is 6. The molecule has 0 bridgehead atoms. The first-order valence-electron chi connectivity index (χ1n) is 7.31. The van der Waals surface area contributed by atoms with E-state index >= 15 is 0 Å². The fourth-order valence-corrected chi connectivity index (χ4v) is 2.43. The number of piperidine rings is 1. The van der Waals surface area contributed by atoms with Crippen molar-refractivity contribution >= 4 is 11.6 Å². The smallest absolute Gasteiger partial charge is 0.134 e. The van der Waals surface area contributed by atoms with Crippen LogP contribution < -0.4 is 15.5 Å². The number of anilines is 2. The van der Waals surface area contributed by atoms with Crippen LogP contribution in [0.1, 0.15) is 32.6 Å². The lowest BCUT2D eigenvalue weighted by Crippen LogP contribution is -2.44. The second-order valence-corrected chi connectivity index (χ2v) is 5.12. The van der Waals surface area contributed by atoms with Crippen molar-refractivity contribution in [2.24, 2.45) is 0 Å². The molecule has 2 rings (SSSR count). The highest BCUT2D eigenvalue weighted by molar-refractivity contribution is 5.48. The molecule has 5 nitrogen and oxygen atoms in total. The van der Waals surface area contributed by atoms with Crippen LogP contribution in [0, 0.1) is 0 Å². The normalized spacial score (nSPS) is 19.5. The van der Waals surface area contributed by atoms with E-state index in [0.29, 0.717) is 6.04 Å². The largest absolute Gasteiger partial charge is 0.370 e. The maximum atomic E-state index is 4.41. The van der Waals surface area contributed by atoms with Gasteiger partial charge in [-0.25, -0.2) is 9.97 Å². The Labute approximate surface area is 115 Å². The first kappa shape index (κ1) is 14.1. The predicted octanol–water partition coefficient (Wildman–Crippen LogP) is 1.88. The van der Waals surface area contributed by atoms with Crippen molar-refractivity contribution in [1.82, 2.24) is 15.3 Å². The van der Waals surface area contributed by atoms with Crippen LogP contribution in [0.15, 0.2) is 12.4 Å². The molecular weight excluding hydrogens is 238 g/mol. The number of nitrogens with one attached hydrogen (secondary N) is 2. The minimum absolute atomic E-state index is 0.570. The highest BCUT2D eigenvalue weighted by Crippen LogP contribution is 2.19. The molecule has 1 aliphatic rings. The SMILES string of the molecule is CCCCNc1cc(N2CCCC(NC)C2)ncn1. The van der Waals surface area contributed by atoms with Gasteiger partial charge in [-0.15, -0.1) is 0 Å². The van der Waals surface area contributed by atoms with Crippen molar-refractivity contribution in [3.8, 4) is 0 Å². The lowest BCUT2D eigenvalue weighted by Gasteiger charge is -2.33. The summed E-state index contributed by atoms with van der Waals surface area (Å²) in [6.07, 6.45) is 6.49. The molecule has 0 radical (unpaired) electrons. The fraction of sp³-hybridized carbons (Fsp3) is 0.714. The zero-order valence-corrected chi connectivity index (χ0v) is 12.0. The van der Waals surface area contributed by atoms with Crippen LogP contribution in [-0.2, 0) is 0 Å². The van der Waals surface area contributed by atoms with Crippen LogP contribution in [-0.4, -0.2) is 42.7 Å². The molecule has 0 amide bonds. The number of likely N-dealkylation sites (N-methyl/N-ethyl adjacent to an activating group) is 1. The second kappa shape index (κ2) is 7.28. The summed E-state index contributed by atoms with van der Waals surface area (Å²) in [5, 5.41) is 6.72. The monoisotopic (exact) mass is 263 g/mol. The van der Waals surface area contributed by atoms with Crippen molar-refractivity contribution in [3.05, 3.63) is 12.4 Å². The average molecular weight is 263 g/mol. The van der Waals surface area contributed by atoms with Crippen LogP contribution in [0.5, 0.6) is 0 Å². The van der Waals surface area contributed by atoms with Gasteiger partial charge in [-0.05, 0) is 26.3 Å². The predicted molar refractivity (Wildman–Crippen MR) is 79.7 cm³/mol. The topological polar surface area (TPSA) is 53.1 Å². The molecule has 2 heterocycles. The van der Waals surface area contributed by atoms with Crippen LogP contribution in [0.2, 0.25) is 0 Å². The van der Waals surface area contributed by atoms with Crippen LogP contribution in [0.25, 0.3) is 0 Å². The Balaban J connectivity index is 1.97. The van der Waals surface area contributed by atoms with Gasteiger partial charge in [0, 0.05) is 31.7 Å². The van der Waals surface area contributed by atoms with Gasteiger partial charge < -0.3 is 15.5 Å². The molecule has 1 aliphatic heterocycles. The maximum absolute atomic E-state index is 4.41. The lowest BCUT2D eigenvalue weighted by molar-refractivity contribution is 0.447. The third kappa shape index (κ3) is 4.06. The van der Waals surface area contributed by atoms with Gasteiger partial charge in [0.2, 0.25) is 0 Å². The summed E-state index contributed by atoms with van der Waals surface area (Å²) in [5.41, 5.74) is 0. The van der Waals surface area contributed by atoms with Crippen molar-refractivity contribution in [2.45, 2.75) is 38.6 Å². The highest BCUT2D eigenvalue weighted by Gasteiger charge is 2.19. The number of hydrogen-bond donors (Lipinski definition) is 2. The van der Waals surface area contributed by atoms with E-state index in [9.17, 15) is 0 Å². The summed E-state index contributed by atoms with van der Waals surface area (Å²) in [5.74, 6) is 1.97. The van der Waals surface area contributed by atoms with Crippen molar-refractivity contribution in [1.29, 1.82) is 0 Å². The summed E-state index contributed by atoms with van der Waals surface area (Å²) in [6, 6.07) is 2.63. The van der Waals surface area contributed by atoms with E-state index in [1.54, 1.807) is 6.33 Å². The molecule has 5 heteroatoms. The number of hydrogen-bond acceptors (Lipinski definition) is 5. The van der Waals surface area contributed by atoms with Gasteiger partial charge in [-0.3, -0.25) is 0 Å². The van der Waals surface area contributed by atoms with Gasteiger partial charge >= 0.3 is 0 Å². The molecule has 106 valence electrons. The molecule has 2 N–H and O–H groups in total. The second-order valence-electron chi connectivity index (χ2n) is 5.12. The fourth-order valence-electron chi connectivity index (χ4n) is 2.43. The minimum atomic E-state index is 0.570. The van der Waals surface area contributed by atoms with Crippen LogP contribution >= 0.6 is 0 Å². The summed E-state index contributed by atoms with van der Waals surface area (Å²) in [7, 11) is 2.03. The molecule has 0 aromatic carbocycles. The van der Waals surface area contributed by atoms with Crippen LogP contribution in [0.3, 0.4) is 0 Å². The Kier molecular flexibility index (Phi) is 5.39. The van der Waals surface area contributed by atoms with Crippen molar-refractivity contribution in [2.75, 3.05) is 36.9 Å². The molecule has 0 saturated carbocycles. The molecule has 1 atom stereocenters. The number of unbranched alkanes of at least 4 members (excludes halogenated alkanes) is 1. The van der Waals surface area contributed by atoms with E-state index in [4.69, 9.17) is 0 Å². The first-order chi connectivity index (χ1) is 9.33. The van der Waals surface area contributed by atoms with E-state index in [1.165, 1.54) is 25.7 Å². The lowest BCUT2D eigenvalue weighted by atomic mass is 10.1. The summed E-state index contributed by atoms with van der Waals surface area (Å²) < 4.78 is 0. The van der Waals surface area contributed by atoms with Gasteiger partial charge in [0.15, 0.2) is 0 Å². The quantitative estimate of drug-likeness (QED) is 0.768. The standard InChI is InChI=1S/C14H25N5/c1-3-4-7-16-13-9-14(18-11-17-13)19-8-5-6-12(10-19)15-2/h9,11-12,15H,3-8,10H2,1-2H3,(H,16,17,18). The molecule has 1 aromatic rings. The zero-order valence-electron chi connectivity index (χ0n) is 12.0. The Morgan fingerprint density at radius 3 is 3.11 bits per heavy atom. The molecule has 0 aliphatic carbocycles. The summed E-state index contributed by atoms with van der Waals surface area (Å²) in [4.78, 5) is 11.0. The van der Waals surface area contributed by atoms with E-state index in [-0.39, 0.29) is 0 Å². The van der Waals surface area contributed by atoms with Gasteiger partial charge in [0.05, 0.1) is 0 Å². The highest BCUT2D eigenvalue weighted by atomic mass is 15.2. The van der Waals surface area contributed by atoms with E-state index in [2.05, 4.69) is 38.5 Å². The zero-order chi connectivity index (χ0) is 13.5. The molecular formula is C14H25N5. The van der Waals surface area contributed by atoms with E-state index in [0.717, 1.165) is 31.3 Å². The van der Waals surface area contributed by atoms with Crippen molar-refractivity contribution in [3.63, 3.8) is 0 Å². The molecule has 1 unspecified atom stereocenters. The van der Waals surface area contributed by atoms with Gasteiger partial charge in [0.1, 0.15) is 18.0 Å². The van der Waals surface area contributed by atoms with Crippen molar-refractivity contribution < 1.29 is 0 Å². The molecule has 1 fully saturated rings. The van der Waals surface area contributed by atoms with Gasteiger partial charge in [-0.1, -0.05) is 13.3 Å². The molecule has 1 aromatic heterocycles. The third-order valence-corrected chi connectivity index (χ3v) is 3.64. The molecule has 0 spiro atoms. The maximum Gasteiger partial charge on any atom is 0.134 e. The summed E-state index contributed by atoms with van der Waals surface area (Å²) >= 11 is 0. The number of aromatic nitrogens is 2. The Hall–Kier alpha value is -1.36. The molecule has 1 saturated heterocycles. The Morgan fingerprint density at radius 1 is 1.42 bits per heavy atom. The number of nitrogens with zero attached hydrogens (tertiary/aromatic N) is 3. The van der Waals surface area contributed by atoms with Crippen LogP contribution in [0.4, 0.5) is 11.6 Å². The first-order valence-corrected chi connectivity index (χ1v) is 7.31. The Morgan fingerprint density at radius 2 is 2.32 bits per heavy atom.